The molecule has 0 bridgehead atoms. The van der Waals surface area contributed by atoms with Gasteiger partial charge in [-0.2, -0.15) is 0 Å². The monoisotopic (exact) mass is 207 g/mol. The minimum Gasteiger partial charge on any atom is -0.478 e. The molecule has 0 aromatic carbocycles. The highest BCUT2D eigenvalue weighted by atomic mass is 16.5. The normalized spacial score (nSPS) is 15.0. The predicted molar refractivity (Wildman–Crippen MR) is 54.2 cm³/mol. The molecule has 0 unspecified atom stereocenters. The third kappa shape index (κ3) is 2.46. The van der Waals surface area contributed by atoms with Gasteiger partial charge in [-0.1, -0.05) is 0 Å². The number of carbonyl (C=O) groups is 1. The summed E-state index contributed by atoms with van der Waals surface area (Å²) in [5, 5.41) is 8.75. The fraction of sp³-hybridized carbons (Fsp3) is 0.455. The van der Waals surface area contributed by atoms with Crippen LogP contribution >= 0.6 is 0 Å². The van der Waals surface area contributed by atoms with Gasteiger partial charge in [-0.3, -0.25) is 0 Å². The summed E-state index contributed by atoms with van der Waals surface area (Å²) in [6.07, 6.45) is 3.79. The number of ether oxygens (including phenoxy) is 1. The van der Waals surface area contributed by atoms with Crippen LogP contribution in [0.15, 0.2) is 12.3 Å². The fourth-order valence-electron chi connectivity index (χ4n) is 1.31. The maximum absolute atomic E-state index is 10.7. The van der Waals surface area contributed by atoms with Crippen molar-refractivity contribution in [2.75, 3.05) is 6.61 Å². The first-order chi connectivity index (χ1) is 7.16. The van der Waals surface area contributed by atoms with Crippen LogP contribution in [0.5, 0.6) is 5.88 Å². The predicted octanol–water partition coefficient (Wildman–Crippen LogP) is 1.88. The van der Waals surface area contributed by atoms with Crippen LogP contribution in [0.3, 0.4) is 0 Å². The highest BCUT2D eigenvalue weighted by Crippen LogP contribution is 2.29. The van der Waals surface area contributed by atoms with Crippen molar-refractivity contribution >= 4 is 5.97 Å². The number of carboxylic acid groups (broad SMARTS) is 1. The molecule has 15 heavy (non-hydrogen) atoms. The van der Waals surface area contributed by atoms with Gasteiger partial charge in [0.15, 0.2) is 0 Å². The van der Waals surface area contributed by atoms with E-state index in [0.29, 0.717) is 18.4 Å². The second-order valence-electron chi connectivity index (χ2n) is 3.91. The lowest BCUT2D eigenvalue weighted by molar-refractivity contribution is 0.0696. The van der Waals surface area contributed by atoms with Crippen molar-refractivity contribution < 1.29 is 14.6 Å². The first-order valence-corrected chi connectivity index (χ1v) is 4.99. The van der Waals surface area contributed by atoms with Gasteiger partial charge in [0.25, 0.3) is 0 Å². The molecule has 1 aliphatic rings. The van der Waals surface area contributed by atoms with E-state index in [1.807, 2.05) is 6.92 Å². The van der Waals surface area contributed by atoms with Gasteiger partial charge in [0.1, 0.15) is 0 Å². The van der Waals surface area contributed by atoms with E-state index in [0.717, 1.165) is 5.56 Å². The number of carboxylic acids is 1. The van der Waals surface area contributed by atoms with Gasteiger partial charge < -0.3 is 9.84 Å². The average molecular weight is 207 g/mol. The third-order valence-electron chi connectivity index (χ3n) is 2.43. The SMILES string of the molecule is Cc1cc(C(=O)O)cnc1OCC1CC1. The van der Waals surface area contributed by atoms with Gasteiger partial charge in [-0.25, -0.2) is 9.78 Å². The molecule has 80 valence electrons. The Labute approximate surface area is 87.9 Å². The van der Waals surface area contributed by atoms with E-state index in [4.69, 9.17) is 9.84 Å². The maximum Gasteiger partial charge on any atom is 0.337 e. The van der Waals surface area contributed by atoms with Crippen molar-refractivity contribution in [1.82, 2.24) is 4.98 Å². The third-order valence-corrected chi connectivity index (χ3v) is 2.43. The summed E-state index contributed by atoms with van der Waals surface area (Å²) < 4.78 is 5.49. The molecule has 0 aliphatic heterocycles. The number of pyridine rings is 1. The van der Waals surface area contributed by atoms with Crippen molar-refractivity contribution in [2.45, 2.75) is 19.8 Å². The molecule has 4 nitrogen and oxygen atoms in total. The quantitative estimate of drug-likeness (QED) is 0.818. The van der Waals surface area contributed by atoms with Crippen molar-refractivity contribution in [3.8, 4) is 5.88 Å². The molecular weight excluding hydrogens is 194 g/mol. The molecule has 1 aromatic rings. The number of rotatable bonds is 4. The molecule has 2 rings (SSSR count). The van der Waals surface area contributed by atoms with Crippen molar-refractivity contribution in [2.24, 2.45) is 5.92 Å². The van der Waals surface area contributed by atoms with E-state index >= 15 is 0 Å². The molecule has 1 N–H and O–H groups in total. The zero-order chi connectivity index (χ0) is 10.8. The van der Waals surface area contributed by atoms with Gasteiger partial charge in [0.2, 0.25) is 5.88 Å². The molecule has 1 saturated carbocycles. The Kier molecular flexibility index (Phi) is 2.58. The van der Waals surface area contributed by atoms with Crippen molar-refractivity contribution in [3.05, 3.63) is 23.4 Å². The maximum atomic E-state index is 10.7. The Balaban J connectivity index is 2.07. The van der Waals surface area contributed by atoms with E-state index in [-0.39, 0.29) is 5.56 Å². The smallest absolute Gasteiger partial charge is 0.337 e. The van der Waals surface area contributed by atoms with E-state index in [2.05, 4.69) is 4.98 Å². The summed E-state index contributed by atoms with van der Waals surface area (Å²) in [7, 11) is 0. The van der Waals surface area contributed by atoms with Crippen LogP contribution in [0, 0.1) is 12.8 Å². The average Bonchev–Trinajstić information content (AvgIpc) is 2.99. The molecule has 4 heteroatoms. The largest absolute Gasteiger partial charge is 0.478 e. The summed E-state index contributed by atoms with van der Waals surface area (Å²) in [6, 6.07) is 1.58. The van der Waals surface area contributed by atoms with E-state index in [1.165, 1.54) is 19.0 Å². The number of aromatic carboxylic acids is 1. The molecule has 0 saturated heterocycles. The second kappa shape index (κ2) is 3.88. The van der Waals surface area contributed by atoms with Gasteiger partial charge in [-0.15, -0.1) is 0 Å². The lowest BCUT2D eigenvalue weighted by atomic mass is 10.2. The zero-order valence-corrected chi connectivity index (χ0v) is 8.56. The summed E-state index contributed by atoms with van der Waals surface area (Å²) >= 11 is 0. The number of nitrogens with zero attached hydrogens (tertiary/aromatic N) is 1. The Hall–Kier alpha value is -1.58. The summed E-state index contributed by atoms with van der Waals surface area (Å²) in [5.41, 5.74) is 0.974. The van der Waals surface area contributed by atoms with Crippen LogP contribution in [-0.4, -0.2) is 22.7 Å². The van der Waals surface area contributed by atoms with Gasteiger partial charge in [-0.05, 0) is 31.7 Å². The van der Waals surface area contributed by atoms with Gasteiger partial charge >= 0.3 is 5.97 Å². The highest BCUT2D eigenvalue weighted by molar-refractivity contribution is 5.87. The van der Waals surface area contributed by atoms with E-state index in [9.17, 15) is 4.79 Å². The first kappa shape index (κ1) is 9.96. The minimum absolute atomic E-state index is 0.200. The number of aromatic nitrogens is 1. The molecule has 1 aromatic heterocycles. The Bertz CT molecular complexity index is 385. The number of hydrogen-bond donors (Lipinski definition) is 1. The summed E-state index contributed by atoms with van der Waals surface area (Å²) in [5.74, 6) is 0.261. The van der Waals surface area contributed by atoms with Crippen molar-refractivity contribution in [3.63, 3.8) is 0 Å². The Morgan fingerprint density at radius 3 is 2.93 bits per heavy atom. The van der Waals surface area contributed by atoms with Crippen molar-refractivity contribution in [1.29, 1.82) is 0 Å². The zero-order valence-electron chi connectivity index (χ0n) is 8.56. The van der Waals surface area contributed by atoms with Crippen LogP contribution in [0.4, 0.5) is 0 Å². The lowest BCUT2D eigenvalue weighted by Gasteiger charge is -2.07. The molecule has 0 amide bonds. The molecular formula is C11H13NO3. The molecule has 0 atom stereocenters. The van der Waals surface area contributed by atoms with Crippen LogP contribution in [0.25, 0.3) is 0 Å². The van der Waals surface area contributed by atoms with Crippen LogP contribution in [0.2, 0.25) is 0 Å². The lowest BCUT2D eigenvalue weighted by Crippen LogP contribution is -2.04. The fourth-order valence-corrected chi connectivity index (χ4v) is 1.31. The number of aryl methyl sites for hydroxylation is 1. The number of hydrogen-bond acceptors (Lipinski definition) is 3. The van der Waals surface area contributed by atoms with E-state index < -0.39 is 5.97 Å². The van der Waals surface area contributed by atoms with Crippen LogP contribution in [-0.2, 0) is 0 Å². The van der Waals surface area contributed by atoms with E-state index in [1.54, 1.807) is 6.07 Å². The minimum atomic E-state index is -0.959. The molecule has 1 heterocycles. The molecule has 0 spiro atoms. The van der Waals surface area contributed by atoms with Gasteiger partial charge in [0.05, 0.1) is 12.2 Å². The molecule has 1 fully saturated rings. The standard InChI is InChI=1S/C11H13NO3/c1-7-4-9(11(13)14)5-12-10(7)15-6-8-2-3-8/h4-5,8H,2-3,6H2,1H3,(H,13,14). The summed E-state index contributed by atoms with van der Waals surface area (Å²) in [6.45, 7) is 2.50. The second-order valence-corrected chi connectivity index (χ2v) is 3.91. The van der Waals surface area contributed by atoms with Crippen LogP contribution < -0.4 is 4.74 Å². The van der Waals surface area contributed by atoms with Crippen LogP contribution in [0.1, 0.15) is 28.8 Å². The van der Waals surface area contributed by atoms with Gasteiger partial charge in [0, 0.05) is 11.8 Å². The first-order valence-electron chi connectivity index (χ1n) is 4.99. The Morgan fingerprint density at radius 2 is 2.40 bits per heavy atom. The Morgan fingerprint density at radius 1 is 1.67 bits per heavy atom. The molecule has 0 radical (unpaired) electrons. The topological polar surface area (TPSA) is 59.4 Å². The summed E-state index contributed by atoms with van der Waals surface area (Å²) in [4.78, 5) is 14.7. The highest BCUT2D eigenvalue weighted by Gasteiger charge is 2.22. The molecule has 1 aliphatic carbocycles.